The first-order chi connectivity index (χ1) is 12.5. The fourth-order valence-corrected chi connectivity index (χ4v) is 4.37. The number of nitrogens with zero attached hydrogens (tertiary/aromatic N) is 2. The second kappa shape index (κ2) is 6.68. The minimum atomic E-state index is 0.00298. The summed E-state index contributed by atoms with van der Waals surface area (Å²) in [5, 5.41) is 1.78. The highest BCUT2D eigenvalue weighted by atomic mass is 32.1. The van der Waals surface area contributed by atoms with Crippen LogP contribution in [-0.2, 0) is 0 Å². The molecule has 1 aromatic carbocycles. The van der Waals surface area contributed by atoms with E-state index in [9.17, 15) is 9.59 Å². The normalized spacial score (nSPS) is 17.6. The van der Waals surface area contributed by atoms with Gasteiger partial charge in [0, 0.05) is 24.4 Å². The van der Waals surface area contributed by atoms with Crippen molar-refractivity contribution in [3.05, 3.63) is 51.5 Å². The monoisotopic (exact) mass is 367 g/mol. The Morgan fingerprint density at radius 2 is 2.19 bits per heavy atom. The predicted molar refractivity (Wildman–Crippen MR) is 103 cm³/mol. The molecule has 0 unspecified atom stereocenters. The number of hydrogen-bond acceptors (Lipinski definition) is 4. The van der Waals surface area contributed by atoms with Crippen molar-refractivity contribution in [2.45, 2.75) is 32.6 Å². The van der Waals surface area contributed by atoms with Crippen LogP contribution in [0.15, 0.2) is 29.6 Å². The maximum absolute atomic E-state index is 12.8. The average Bonchev–Trinajstić information content (AvgIpc) is 3.29. The van der Waals surface area contributed by atoms with Gasteiger partial charge in [0.25, 0.3) is 5.91 Å². The second-order valence-corrected chi connectivity index (χ2v) is 7.85. The summed E-state index contributed by atoms with van der Waals surface area (Å²) in [6, 6.07) is 7.84. The lowest BCUT2D eigenvalue weighted by Crippen LogP contribution is -2.39. The van der Waals surface area contributed by atoms with Gasteiger partial charge in [0.2, 0.25) is 0 Å². The summed E-state index contributed by atoms with van der Waals surface area (Å²) in [5.74, 6) is 1.18. The van der Waals surface area contributed by atoms with Crippen LogP contribution in [0.3, 0.4) is 0 Å². The summed E-state index contributed by atoms with van der Waals surface area (Å²) in [4.78, 5) is 35.1. The summed E-state index contributed by atoms with van der Waals surface area (Å²) in [6.45, 7) is 5.00. The molecule has 3 aromatic rings. The van der Waals surface area contributed by atoms with Gasteiger partial charge in [0.15, 0.2) is 5.78 Å². The number of carbonyl (C=O) groups is 2. The van der Waals surface area contributed by atoms with E-state index in [1.807, 2.05) is 17.0 Å². The summed E-state index contributed by atoms with van der Waals surface area (Å²) in [6.07, 6.45) is 1.97. The Labute approximate surface area is 156 Å². The van der Waals surface area contributed by atoms with Crippen molar-refractivity contribution in [3.63, 3.8) is 0 Å². The number of Topliss-reactive ketones (excluding diaryl/α,β-unsaturated/α-hetero) is 1. The molecule has 0 aliphatic carbocycles. The maximum atomic E-state index is 12.8. The van der Waals surface area contributed by atoms with Crippen molar-refractivity contribution < 1.29 is 9.59 Å². The van der Waals surface area contributed by atoms with Crippen molar-refractivity contribution in [2.24, 2.45) is 0 Å². The Hall–Kier alpha value is -2.47. The van der Waals surface area contributed by atoms with Gasteiger partial charge in [-0.05, 0) is 44.4 Å². The third-order valence-corrected chi connectivity index (χ3v) is 6.05. The second-order valence-electron chi connectivity index (χ2n) is 6.94. The van der Waals surface area contributed by atoms with Crippen LogP contribution in [0.2, 0.25) is 0 Å². The van der Waals surface area contributed by atoms with Gasteiger partial charge in [-0.2, -0.15) is 0 Å². The molecule has 0 bridgehead atoms. The van der Waals surface area contributed by atoms with E-state index < -0.39 is 0 Å². The minimum Gasteiger partial charge on any atom is -0.342 e. The number of ketones is 1. The van der Waals surface area contributed by atoms with Crippen molar-refractivity contribution in [1.29, 1.82) is 0 Å². The van der Waals surface area contributed by atoms with Crippen LogP contribution in [0.1, 0.15) is 57.1 Å². The van der Waals surface area contributed by atoms with E-state index >= 15 is 0 Å². The number of hydrogen-bond donors (Lipinski definition) is 1. The summed E-state index contributed by atoms with van der Waals surface area (Å²) < 4.78 is 0. The highest BCUT2D eigenvalue weighted by Crippen LogP contribution is 2.29. The molecule has 6 heteroatoms. The number of aryl methyl sites for hydroxylation is 1. The van der Waals surface area contributed by atoms with Gasteiger partial charge in [0.05, 0.1) is 21.5 Å². The Bertz CT molecular complexity index is 988. The minimum absolute atomic E-state index is 0.00298. The molecule has 1 amide bonds. The van der Waals surface area contributed by atoms with Gasteiger partial charge >= 0.3 is 0 Å². The molecule has 4 rings (SSSR count). The SMILES string of the molecule is CC(=O)c1cc(C(=O)N2CCC[C@@H](c3nc4c(C)cccc4[nH]3)C2)cs1. The van der Waals surface area contributed by atoms with Crippen LogP contribution in [0, 0.1) is 6.92 Å². The molecule has 1 aliphatic rings. The van der Waals surface area contributed by atoms with E-state index in [1.165, 1.54) is 18.3 Å². The van der Waals surface area contributed by atoms with E-state index in [4.69, 9.17) is 4.98 Å². The number of nitrogens with one attached hydrogen (secondary N) is 1. The van der Waals surface area contributed by atoms with Gasteiger partial charge in [-0.3, -0.25) is 9.59 Å². The number of H-pyrrole nitrogens is 1. The van der Waals surface area contributed by atoms with Crippen LogP contribution in [0.5, 0.6) is 0 Å². The van der Waals surface area contributed by atoms with Crippen LogP contribution in [0.4, 0.5) is 0 Å². The molecule has 26 heavy (non-hydrogen) atoms. The number of likely N-dealkylation sites (tertiary alicyclic amines) is 1. The Morgan fingerprint density at radius 1 is 1.35 bits per heavy atom. The van der Waals surface area contributed by atoms with Gasteiger partial charge in [0.1, 0.15) is 5.82 Å². The number of rotatable bonds is 3. The van der Waals surface area contributed by atoms with E-state index in [2.05, 4.69) is 18.0 Å². The highest BCUT2D eigenvalue weighted by Gasteiger charge is 2.28. The zero-order chi connectivity index (χ0) is 18.3. The lowest BCUT2D eigenvalue weighted by Gasteiger charge is -2.31. The smallest absolute Gasteiger partial charge is 0.254 e. The Balaban J connectivity index is 1.55. The number of aromatic nitrogens is 2. The van der Waals surface area contributed by atoms with Crippen molar-refractivity contribution in [1.82, 2.24) is 14.9 Å². The van der Waals surface area contributed by atoms with Crippen LogP contribution in [0.25, 0.3) is 11.0 Å². The fraction of sp³-hybridized carbons (Fsp3) is 0.350. The zero-order valence-corrected chi connectivity index (χ0v) is 15.7. The summed E-state index contributed by atoms with van der Waals surface area (Å²) in [5.41, 5.74) is 3.83. The van der Waals surface area contributed by atoms with E-state index in [1.54, 1.807) is 11.4 Å². The molecule has 1 atom stereocenters. The molecule has 1 saturated heterocycles. The fourth-order valence-electron chi connectivity index (χ4n) is 3.59. The van der Waals surface area contributed by atoms with Crippen molar-refractivity contribution in [2.75, 3.05) is 13.1 Å². The van der Waals surface area contributed by atoms with Crippen molar-refractivity contribution in [3.8, 4) is 0 Å². The third-order valence-electron chi connectivity index (χ3n) is 5.02. The predicted octanol–water partition coefficient (Wildman–Crippen LogP) is 4.16. The van der Waals surface area contributed by atoms with Crippen molar-refractivity contribution >= 4 is 34.1 Å². The number of amides is 1. The quantitative estimate of drug-likeness (QED) is 0.707. The molecule has 0 saturated carbocycles. The Kier molecular flexibility index (Phi) is 4.36. The number of imidazole rings is 1. The third kappa shape index (κ3) is 3.05. The average molecular weight is 367 g/mol. The maximum Gasteiger partial charge on any atom is 0.254 e. The van der Waals surface area contributed by atoms with E-state index in [-0.39, 0.29) is 17.6 Å². The molecule has 3 heterocycles. The number of thiophene rings is 1. The molecule has 0 radical (unpaired) electrons. The first-order valence-electron chi connectivity index (χ1n) is 8.87. The molecule has 1 aliphatic heterocycles. The molecule has 5 nitrogen and oxygen atoms in total. The first-order valence-corrected chi connectivity index (χ1v) is 9.75. The number of benzene rings is 1. The van der Waals surface area contributed by atoms with Crippen LogP contribution < -0.4 is 0 Å². The lowest BCUT2D eigenvalue weighted by atomic mass is 9.97. The number of piperidine rings is 1. The zero-order valence-electron chi connectivity index (χ0n) is 14.9. The van der Waals surface area contributed by atoms with Crippen LogP contribution >= 0.6 is 11.3 Å². The van der Waals surface area contributed by atoms with Gasteiger partial charge < -0.3 is 9.88 Å². The number of fused-ring (bicyclic) bond motifs is 1. The molecule has 134 valence electrons. The number of carbonyl (C=O) groups excluding carboxylic acids is 2. The standard InChI is InChI=1S/C20H21N3O2S/c1-12-5-3-7-16-18(12)22-19(21-16)14-6-4-8-23(10-14)20(25)15-9-17(13(2)24)26-11-15/h3,5,7,9,11,14H,4,6,8,10H2,1-2H3,(H,21,22)/t14-/m1/s1. The number of aromatic amines is 1. The molecule has 0 spiro atoms. The van der Waals surface area contributed by atoms with E-state index in [0.29, 0.717) is 17.0 Å². The van der Waals surface area contributed by atoms with Gasteiger partial charge in [-0.15, -0.1) is 11.3 Å². The molecule has 1 fully saturated rings. The highest BCUT2D eigenvalue weighted by molar-refractivity contribution is 7.12. The first kappa shape index (κ1) is 17.0. The van der Waals surface area contributed by atoms with Crippen LogP contribution in [-0.4, -0.2) is 39.6 Å². The summed E-state index contributed by atoms with van der Waals surface area (Å²) in [7, 11) is 0. The number of para-hydroxylation sites is 1. The Morgan fingerprint density at radius 3 is 2.92 bits per heavy atom. The largest absolute Gasteiger partial charge is 0.342 e. The molecule has 2 aromatic heterocycles. The van der Waals surface area contributed by atoms with E-state index in [0.717, 1.165) is 41.8 Å². The molecular weight excluding hydrogens is 346 g/mol. The molecule has 1 N–H and O–H groups in total. The van der Waals surface area contributed by atoms with Gasteiger partial charge in [-0.1, -0.05) is 12.1 Å². The summed E-state index contributed by atoms with van der Waals surface area (Å²) >= 11 is 1.34. The van der Waals surface area contributed by atoms with Gasteiger partial charge in [-0.25, -0.2) is 4.98 Å². The lowest BCUT2D eigenvalue weighted by molar-refractivity contribution is 0.0705. The topological polar surface area (TPSA) is 66.1 Å². The molecular formula is C20H21N3O2S.